The van der Waals surface area contributed by atoms with Crippen molar-refractivity contribution in [3.05, 3.63) is 95.8 Å². The second kappa shape index (κ2) is 12.3. The van der Waals surface area contributed by atoms with Gasteiger partial charge in [-0.1, -0.05) is 42.5 Å². The van der Waals surface area contributed by atoms with Gasteiger partial charge in [0.1, 0.15) is 5.75 Å². The highest BCUT2D eigenvalue weighted by atomic mass is 19.2. The molecule has 0 bridgehead atoms. The Morgan fingerprint density at radius 1 is 1.03 bits per heavy atom. The minimum absolute atomic E-state index is 0.0733. The third kappa shape index (κ3) is 6.27. The maximum Gasteiger partial charge on any atom is 0.314 e. The Hall–Kier alpha value is -3.58. The zero-order chi connectivity index (χ0) is 27.2. The van der Waals surface area contributed by atoms with Gasteiger partial charge in [-0.05, 0) is 73.8 Å². The first-order valence-corrected chi connectivity index (χ1v) is 12.8. The summed E-state index contributed by atoms with van der Waals surface area (Å²) >= 11 is 0. The van der Waals surface area contributed by atoms with Crippen LogP contribution < -0.4 is 9.47 Å². The van der Waals surface area contributed by atoms with Gasteiger partial charge in [-0.25, -0.2) is 13.2 Å². The van der Waals surface area contributed by atoms with E-state index in [9.17, 15) is 14.3 Å². The lowest BCUT2D eigenvalue weighted by atomic mass is 9.78. The van der Waals surface area contributed by atoms with Crippen molar-refractivity contribution in [3.8, 4) is 22.6 Å². The fourth-order valence-electron chi connectivity index (χ4n) is 4.80. The molecule has 4 rings (SSSR count). The van der Waals surface area contributed by atoms with E-state index in [0.717, 1.165) is 6.07 Å². The summed E-state index contributed by atoms with van der Waals surface area (Å²) < 4.78 is 55.1. The van der Waals surface area contributed by atoms with Gasteiger partial charge in [-0.3, -0.25) is 4.79 Å². The average Bonchev–Trinajstić information content (AvgIpc) is 2.91. The van der Waals surface area contributed by atoms with Crippen LogP contribution in [-0.4, -0.2) is 17.7 Å². The fourth-order valence-corrected chi connectivity index (χ4v) is 4.80. The molecule has 3 aromatic carbocycles. The summed E-state index contributed by atoms with van der Waals surface area (Å²) in [6, 6.07) is 13.9. The lowest BCUT2D eigenvalue weighted by Crippen LogP contribution is -2.25. The van der Waals surface area contributed by atoms with Gasteiger partial charge in [0.05, 0.1) is 18.6 Å². The Bertz CT molecular complexity index is 1280. The van der Waals surface area contributed by atoms with Crippen LogP contribution in [0.4, 0.5) is 13.2 Å². The number of carbonyl (C=O) groups excluding carboxylic acids is 1. The summed E-state index contributed by atoms with van der Waals surface area (Å²) in [5.41, 5.74) is 1.67. The van der Waals surface area contributed by atoms with E-state index < -0.39 is 35.4 Å². The van der Waals surface area contributed by atoms with E-state index in [-0.39, 0.29) is 23.0 Å². The third-order valence-corrected chi connectivity index (χ3v) is 7.02. The minimum atomic E-state index is -0.909. The number of hydrogen-bond acceptors (Lipinski definition) is 4. The van der Waals surface area contributed by atoms with Crippen LogP contribution in [0.3, 0.4) is 0 Å². The molecule has 4 nitrogen and oxygen atoms in total. The quantitative estimate of drug-likeness (QED) is 0.135. The van der Waals surface area contributed by atoms with Crippen LogP contribution in [0, 0.1) is 23.4 Å². The standard InChI is InChI=1S/C31H31F3O4/c1-3-4-17-37-28-16-13-24(18-27(28)32)38-31(36)23-11-9-22(10-12-23)26-15-14-25(29(33)30(26)34)21-7-5-20(6-8-21)19(2)35/h3,5-8,13-16,18-19,22-23,35H,1,4,9-12,17H2,2H3. The molecule has 1 aliphatic rings. The smallest absolute Gasteiger partial charge is 0.314 e. The second-order valence-electron chi connectivity index (χ2n) is 9.62. The van der Waals surface area contributed by atoms with Gasteiger partial charge in [0, 0.05) is 11.6 Å². The largest absolute Gasteiger partial charge is 0.490 e. The first-order chi connectivity index (χ1) is 18.3. The first kappa shape index (κ1) is 27.5. The van der Waals surface area contributed by atoms with Crippen molar-refractivity contribution in [2.24, 2.45) is 5.92 Å². The third-order valence-electron chi connectivity index (χ3n) is 7.02. The molecule has 0 spiro atoms. The molecule has 3 aromatic rings. The molecule has 0 saturated heterocycles. The number of aliphatic hydroxyl groups is 1. The van der Waals surface area contributed by atoms with Crippen molar-refractivity contribution in [2.45, 2.75) is 51.0 Å². The summed E-state index contributed by atoms with van der Waals surface area (Å²) in [5.74, 6) is -3.33. The van der Waals surface area contributed by atoms with Gasteiger partial charge in [0.25, 0.3) is 0 Å². The van der Waals surface area contributed by atoms with E-state index in [2.05, 4.69) is 6.58 Å². The molecule has 1 aliphatic carbocycles. The lowest BCUT2D eigenvalue weighted by Gasteiger charge is -2.28. The number of carbonyl (C=O) groups is 1. The molecule has 1 atom stereocenters. The molecule has 1 N–H and O–H groups in total. The molecule has 1 fully saturated rings. The number of hydrogen-bond donors (Lipinski definition) is 1. The van der Waals surface area contributed by atoms with Crippen molar-refractivity contribution in [1.29, 1.82) is 0 Å². The molecular formula is C31H31F3O4. The van der Waals surface area contributed by atoms with E-state index in [4.69, 9.17) is 9.47 Å². The predicted octanol–water partition coefficient (Wildman–Crippen LogP) is 7.66. The summed E-state index contributed by atoms with van der Waals surface area (Å²) in [6.07, 6.45) is 3.53. The summed E-state index contributed by atoms with van der Waals surface area (Å²) in [4.78, 5) is 12.7. The van der Waals surface area contributed by atoms with Gasteiger partial charge < -0.3 is 14.6 Å². The van der Waals surface area contributed by atoms with Crippen LogP contribution >= 0.6 is 0 Å². The average molecular weight is 525 g/mol. The van der Waals surface area contributed by atoms with Gasteiger partial charge >= 0.3 is 5.97 Å². The molecule has 1 unspecified atom stereocenters. The summed E-state index contributed by atoms with van der Waals surface area (Å²) in [6.45, 7) is 5.52. The van der Waals surface area contributed by atoms with Crippen molar-refractivity contribution in [1.82, 2.24) is 0 Å². The number of esters is 1. The first-order valence-electron chi connectivity index (χ1n) is 12.8. The normalized spacial score (nSPS) is 18.0. The number of ether oxygens (including phenoxy) is 2. The SMILES string of the molecule is C=CCCOc1ccc(OC(=O)C2CCC(c3ccc(-c4ccc(C(C)O)cc4)c(F)c3F)CC2)cc1F. The monoisotopic (exact) mass is 524 g/mol. The highest BCUT2D eigenvalue weighted by molar-refractivity contribution is 5.75. The minimum Gasteiger partial charge on any atom is -0.490 e. The lowest BCUT2D eigenvalue weighted by molar-refractivity contribution is -0.140. The van der Waals surface area contributed by atoms with Crippen LogP contribution in [0.2, 0.25) is 0 Å². The summed E-state index contributed by atoms with van der Waals surface area (Å²) in [5, 5.41) is 9.66. The van der Waals surface area contributed by atoms with Crippen molar-refractivity contribution in [3.63, 3.8) is 0 Å². The van der Waals surface area contributed by atoms with Crippen LogP contribution in [0.5, 0.6) is 11.5 Å². The Labute approximate surface area is 220 Å². The Balaban J connectivity index is 1.36. The van der Waals surface area contributed by atoms with Crippen LogP contribution in [0.25, 0.3) is 11.1 Å². The molecule has 7 heteroatoms. The number of rotatable bonds is 9. The molecule has 38 heavy (non-hydrogen) atoms. The molecule has 0 amide bonds. The van der Waals surface area contributed by atoms with Gasteiger partial charge in [-0.15, -0.1) is 6.58 Å². The number of benzene rings is 3. The summed E-state index contributed by atoms with van der Waals surface area (Å²) in [7, 11) is 0. The predicted molar refractivity (Wildman–Crippen MR) is 139 cm³/mol. The van der Waals surface area contributed by atoms with Gasteiger partial charge in [-0.2, -0.15) is 0 Å². The molecule has 0 radical (unpaired) electrons. The van der Waals surface area contributed by atoms with Crippen molar-refractivity contribution in [2.75, 3.05) is 6.61 Å². The number of aliphatic hydroxyl groups excluding tert-OH is 1. The van der Waals surface area contributed by atoms with E-state index >= 15 is 8.78 Å². The van der Waals surface area contributed by atoms with E-state index in [0.29, 0.717) is 55.4 Å². The topological polar surface area (TPSA) is 55.8 Å². The zero-order valence-electron chi connectivity index (χ0n) is 21.3. The molecule has 1 saturated carbocycles. The van der Waals surface area contributed by atoms with Crippen LogP contribution in [0.1, 0.15) is 62.2 Å². The van der Waals surface area contributed by atoms with Crippen LogP contribution in [0.15, 0.2) is 67.3 Å². The maximum absolute atomic E-state index is 15.1. The van der Waals surface area contributed by atoms with E-state index in [1.54, 1.807) is 49.4 Å². The van der Waals surface area contributed by atoms with E-state index in [1.165, 1.54) is 12.1 Å². The molecule has 0 heterocycles. The second-order valence-corrected chi connectivity index (χ2v) is 9.62. The van der Waals surface area contributed by atoms with Crippen molar-refractivity contribution < 1.29 is 32.5 Å². The fraction of sp³-hybridized carbons (Fsp3) is 0.323. The van der Waals surface area contributed by atoms with Crippen LogP contribution in [-0.2, 0) is 4.79 Å². The van der Waals surface area contributed by atoms with Crippen molar-refractivity contribution >= 4 is 5.97 Å². The Morgan fingerprint density at radius 2 is 1.74 bits per heavy atom. The maximum atomic E-state index is 15.1. The highest BCUT2D eigenvalue weighted by Gasteiger charge is 2.31. The van der Waals surface area contributed by atoms with Gasteiger partial charge in [0.2, 0.25) is 0 Å². The van der Waals surface area contributed by atoms with E-state index in [1.807, 2.05) is 0 Å². The molecule has 0 aromatic heterocycles. The van der Waals surface area contributed by atoms with Gasteiger partial charge in [0.15, 0.2) is 23.2 Å². The molecule has 0 aliphatic heterocycles. The zero-order valence-corrected chi connectivity index (χ0v) is 21.3. The molecular weight excluding hydrogens is 493 g/mol. The Kier molecular flexibility index (Phi) is 8.89. The number of halogens is 3. The molecule has 200 valence electrons. The highest BCUT2D eigenvalue weighted by Crippen LogP contribution is 2.39. The Morgan fingerprint density at radius 3 is 2.37 bits per heavy atom.